The molecule has 0 saturated carbocycles. The highest BCUT2D eigenvalue weighted by molar-refractivity contribution is 5.90. The van der Waals surface area contributed by atoms with Crippen LogP contribution >= 0.6 is 0 Å². The van der Waals surface area contributed by atoms with Crippen LogP contribution in [0.2, 0.25) is 0 Å². The smallest absolute Gasteiger partial charge is 0.269 e. The van der Waals surface area contributed by atoms with Gasteiger partial charge < -0.3 is 11.2 Å². The number of aryl methyl sites for hydroxylation is 1. The first-order valence-corrected chi connectivity index (χ1v) is 6.26. The van der Waals surface area contributed by atoms with Gasteiger partial charge in [-0.05, 0) is 19.4 Å². The van der Waals surface area contributed by atoms with Gasteiger partial charge >= 0.3 is 0 Å². The van der Waals surface area contributed by atoms with E-state index in [4.69, 9.17) is 11.6 Å². The van der Waals surface area contributed by atoms with Gasteiger partial charge in [0.1, 0.15) is 17.3 Å². The predicted octanol–water partition coefficient (Wildman–Crippen LogP) is 0.308. The van der Waals surface area contributed by atoms with Crippen LogP contribution in [0.1, 0.15) is 35.2 Å². The normalized spacial score (nSPS) is 10.6. The topological polar surface area (TPSA) is 125 Å². The quantitative estimate of drug-likeness (QED) is 0.532. The van der Waals surface area contributed by atoms with Crippen LogP contribution < -0.4 is 17.0 Å². The Kier molecular flexibility index (Phi) is 3.94. The summed E-state index contributed by atoms with van der Waals surface area (Å²) in [7, 11) is 0. The van der Waals surface area contributed by atoms with E-state index in [0.717, 1.165) is 18.4 Å². The maximum absolute atomic E-state index is 11.1. The molecule has 0 aromatic carbocycles. The molecule has 0 bridgehead atoms. The van der Waals surface area contributed by atoms with Gasteiger partial charge in [-0.1, -0.05) is 6.92 Å². The molecule has 8 nitrogen and oxygen atoms in total. The lowest BCUT2D eigenvalue weighted by atomic mass is 10.2. The molecule has 0 fully saturated rings. The lowest BCUT2D eigenvalue weighted by Crippen LogP contribution is -2.16. The Morgan fingerprint density at radius 2 is 2.20 bits per heavy atom. The summed E-state index contributed by atoms with van der Waals surface area (Å²) in [5, 5.41) is 4.10. The van der Waals surface area contributed by atoms with E-state index in [1.807, 2.05) is 13.8 Å². The second-order valence-corrected chi connectivity index (χ2v) is 4.34. The van der Waals surface area contributed by atoms with Crippen molar-refractivity contribution in [3.8, 4) is 5.82 Å². The van der Waals surface area contributed by atoms with Gasteiger partial charge in [0.05, 0.1) is 0 Å². The fraction of sp³-hybridized carbons (Fsp3) is 0.333. The van der Waals surface area contributed by atoms with E-state index < -0.39 is 5.91 Å². The van der Waals surface area contributed by atoms with Gasteiger partial charge in [0.2, 0.25) is 0 Å². The first-order chi connectivity index (χ1) is 9.56. The van der Waals surface area contributed by atoms with E-state index >= 15 is 0 Å². The third-order valence-corrected chi connectivity index (χ3v) is 2.84. The summed E-state index contributed by atoms with van der Waals surface area (Å²) in [5.74, 6) is 6.66. The molecule has 1 amide bonds. The van der Waals surface area contributed by atoms with Crippen LogP contribution in [-0.2, 0) is 6.42 Å². The second kappa shape index (κ2) is 5.66. The second-order valence-electron chi connectivity index (χ2n) is 4.34. The van der Waals surface area contributed by atoms with Crippen molar-refractivity contribution >= 4 is 11.7 Å². The molecule has 0 saturated heterocycles. The molecule has 0 radical (unpaired) electrons. The largest absolute Gasteiger partial charge is 0.364 e. The molecule has 0 aliphatic rings. The molecule has 2 aromatic rings. The summed E-state index contributed by atoms with van der Waals surface area (Å²) in [6.07, 6.45) is 3.27. The number of amides is 1. The number of carbonyl (C=O) groups is 1. The standard InChI is InChI=1S/C12H17N7O/c1-3-4-9-15-11(17-14)7(2)12(16-9)19-6-5-8(18-19)10(13)20/h5-6H,3-4,14H2,1-2H3,(H2,13,20)(H,15,16,17). The monoisotopic (exact) mass is 275 g/mol. The van der Waals surface area contributed by atoms with E-state index in [1.165, 1.54) is 4.68 Å². The van der Waals surface area contributed by atoms with Crippen LogP contribution in [-0.4, -0.2) is 25.7 Å². The van der Waals surface area contributed by atoms with Crippen molar-refractivity contribution in [3.63, 3.8) is 0 Å². The molecular weight excluding hydrogens is 258 g/mol. The van der Waals surface area contributed by atoms with Crippen LogP contribution in [0.4, 0.5) is 5.82 Å². The zero-order valence-corrected chi connectivity index (χ0v) is 11.4. The number of nitrogen functional groups attached to an aromatic ring is 1. The lowest BCUT2D eigenvalue weighted by molar-refractivity contribution is 0.0995. The summed E-state index contributed by atoms with van der Waals surface area (Å²) in [6, 6.07) is 1.54. The maximum Gasteiger partial charge on any atom is 0.269 e. The van der Waals surface area contributed by atoms with Gasteiger partial charge in [0.15, 0.2) is 5.82 Å². The van der Waals surface area contributed by atoms with Gasteiger partial charge in [-0.3, -0.25) is 4.79 Å². The third kappa shape index (κ3) is 2.59. The Morgan fingerprint density at radius 3 is 2.75 bits per heavy atom. The zero-order valence-electron chi connectivity index (χ0n) is 11.4. The number of hydrogen-bond donors (Lipinski definition) is 3. The molecule has 2 aromatic heterocycles. The van der Waals surface area contributed by atoms with Crippen LogP contribution in [0.3, 0.4) is 0 Å². The Labute approximate surface area is 116 Å². The number of nitrogens with zero attached hydrogens (tertiary/aromatic N) is 4. The molecular formula is C12H17N7O. The van der Waals surface area contributed by atoms with Crippen LogP contribution in [0, 0.1) is 6.92 Å². The number of aromatic nitrogens is 4. The van der Waals surface area contributed by atoms with Gasteiger partial charge in [0.25, 0.3) is 5.91 Å². The molecule has 20 heavy (non-hydrogen) atoms. The highest BCUT2D eigenvalue weighted by atomic mass is 16.1. The highest BCUT2D eigenvalue weighted by Crippen LogP contribution is 2.18. The third-order valence-electron chi connectivity index (χ3n) is 2.84. The fourth-order valence-corrected chi connectivity index (χ4v) is 1.82. The van der Waals surface area contributed by atoms with Gasteiger partial charge in [-0.25, -0.2) is 20.5 Å². The van der Waals surface area contributed by atoms with Gasteiger partial charge in [-0.15, -0.1) is 0 Å². The number of hydrazine groups is 1. The first-order valence-electron chi connectivity index (χ1n) is 6.26. The van der Waals surface area contributed by atoms with Crippen molar-refractivity contribution in [1.82, 2.24) is 19.7 Å². The lowest BCUT2D eigenvalue weighted by Gasteiger charge is -2.11. The average molecular weight is 275 g/mol. The first kappa shape index (κ1) is 13.9. The minimum Gasteiger partial charge on any atom is -0.364 e. The maximum atomic E-state index is 11.1. The Morgan fingerprint density at radius 1 is 1.45 bits per heavy atom. The minimum absolute atomic E-state index is 0.183. The number of nitrogens with two attached hydrogens (primary N) is 2. The molecule has 0 atom stereocenters. The van der Waals surface area contributed by atoms with Crippen molar-refractivity contribution in [2.24, 2.45) is 11.6 Å². The van der Waals surface area contributed by atoms with Crippen molar-refractivity contribution in [2.75, 3.05) is 5.43 Å². The SMILES string of the molecule is CCCc1nc(NN)c(C)c(-n2ccc(C(N)=O)n2)n1. The van der Waals surface area contributed by atoms with Crippen molar-refractivity contribution in [1.29, 1.82) is 0 Å². The molecule has 2 rings (SSSR count). The Balaban J connectivity index is 2.52. The molecule has 106 valence electrons. The van der Waals surface area contributed by atoms with Gasteiger partial charge in [-0.2, -0.15) is 5.10 Å². The molecule has 0 aliphatic heterocycles. The molecule has 5 N–H and O–H groups in total. The predicted molar refractivity (Wildman–Crippen MR) is 74.2 cm³/mol. The summed E-state index contributed by atoms with van der Waals surface area (Å²) >= 11 is 0. The van der Waals surface area contributed by atoms with Gasteiger partial charge in [0, 0.05) is 18.2 Å². The summed E-state index contributed by atoms with van der Waals surface area (Å²) in [4.78, 5) is 19.9. The van der Waals surface area contributed by atoms with Crippen LogP contribution in [0.15, 0.2) is 12.3 Å². The number of rotatable bonds is 5. The number of anilines is 1. The Bertz CT molecular complexity index is 635. The number of carbonyl (C=O) groups excluding carboxylic acids is 1. The summed E-state index contributed by atoms with van der Waals surface area (Å²) < 4.78 is 1.50. The van der Waals surface area contributed by atoms with E-state index in [9.17, 15) is 4.79 Å². The molecule has 2 heterocycles. The van der Waals surface area contributed by atoms with E-state index in [2.05, 4.69) is 20.5 Å². The summed E-state index contributed by atoms with van der Waals surface area (Å²) in [6.45, 7) is 3.86. The van der Waals surface area contributed by atoms with Crippen molar-refractivity contribution in [2.45, 2.75) is 26.7 Å². The van der Waals surface area contributed by atoms with Crippen LogP contribution in [0.25, 0.3) is 5.82 Å². The molecule has 0 aliphatic carbocycles. The fourth-order valence-electron chi connectivity index (χ4n) is 1.82. The van der Waals surface area contributed by atoms with E-state index in [0.29, 0.717) is 17.5 Å². The highest BCUT2D eigenvalue weighted by Gasteiger charge is 2.14. The van der Waals surface area contributed by atoms with Crippen molar-refractivity contribution in [3.05, 3.63) is 29.3 Å². The van der Waals surface area contributed by atoms with Crippen LogP contribution in [0.5, 0.6) is 0 Å². The average Bonchev–Trinajstić information content (AvgIpc) is 2.90. The molecule has 0 unspecified atom stereocenters. The number of nitrogens with one attached hydrogen (secondary N) is 1. The van der Waals surface area contributed by atoms with E-state index in [-0.39, 0.29) is 5.69 Å². The summed E-state index contributed by atoms with van der Waals surface area (Å²) in [5.41, 5.74) is 8.67. The van der Waals surface area contributed by atoms with Crippen molar-refractivity contribution < 1.29 is 4.79 Å². The number of hydrogen-bond acceptors (Lipinski definition) is 6. The number of primary amides is 1. The van der Waals surface area contributed by atoms with E-state index in [1.54, 1.807) is 12.3 Å². The molecule has 0 spiro atoms. The molecule has 8 heteroatoms. The minimum atomic E-state index is -0.582. The zero-order chi connectivity index (χ0) is 14.7. The Hall–Kier alpha value is -2.48.